The summed E-state index contributed by atoms with van der Waals surface area (Å²) in [5.74, 6) is 0. The van der Waals surface area contributed by atoms with Gasteiger partial charge in [0.05, 0.1) is 5.56 Å². The molecule has 2 atom stereocenters. The Morgan fingerprint density at radius 3 is 2.12 bits per heavy atom. The Labute approximate surface area is 195 Å². The zero-order valence-electron chi connectivity index (χ0n) is 20.7. The first kappa shape index (κ1) is 25.8. The van der Waals surface area contributed by atoms with Crippen LogP contribution in [0.2, 0.25) is 0 Å². The molecule has 0 aromatic heterocycles. The first-order valence-corrected chi connectivity index (χ1v) is 11.9. The normalized spacial score (nSPS) is 23.9. The Morgan fingerprint density at radius 1 is 1.06 bits per heavy atom. The molecule has 0 bridgehead atoms. The summed E-state index contributed by atoms with van der Waals surface area (Å²) < 4.78 is 44.2. The third-order valence-electron chi connectivity index (χ3n) is 7.15. The predicted octanol–water partition coefficient (Wildman–Crippen LogP) is 5.56. The zero-order chi connectivity index (χ0) is 24.6. The molecule has 0 saturated carbocycles. The molecule has 2 aliphatic rings. The van der Waals surface area contributed by atoms with Crippen molar-refractivity contribution < 1.29 is 22.7 Å². The molecular formula is C25H38F3N3O2. The monoisotopic (exact) mass is 469 g/mol. The van der Waals surface area contributed by atoms with Crippen LogP contribution in [-0.2, 0) is 10.9 Å². The third kappa shape index (κ3) is 6.21. The van der Waals surface area contributed by atoms with E-state index in [1.165, 1.54) is 12.1 Å². The van der Waals surface area contributed by atoms with Crippen molar-refractivity contribution in [1.82, 2.24) is 14.7 Å². The molecule has 2 heterocycles. The number of hydrogen-bond donors (Lipinski definition) is 0. The number of piperidine rings is 1. The van der Waals surface area contributed by atoms with Gasteiger partial charge >= 0.3 is 12.3 Å². The number of piperazine rings is 1. The number of nitrogens with zero attached hydrogens (tertiary/aromatic N) is 3. The van der Waals surface area contributed by atoms with Gasteiger partial charge in [0.2, 0.25) is 0 Å². The minimum absolute atomic E-state index is 0.0243. The summed E-state index contributed by atoms with van der Waals surface area (Å²) >= 11 is 0. The van der Waals surface area contributed by atoms with Crippen LogP contribution in [0, 0.1) is 0 Å². The number of carbonyl (C=O) groups excluding carboxylic acids is 1. The van der Waals surface area contributed by atoms with Crippen LogP contribution in [0.4, 0.5) is 18.0 Å². The molecule has 1 aromatic carbocycles. The SMILES string of the molecule is CC(c1ccc(C(F)(F)F)cc1)N1CCN(C2(C)CCN(C(=O)OC(C)(C)C)CC2)C[C@@H]1C. The number of likely N-dealkylation sites (tertiary alicyclic amines) is 1. The van der Waals surface area contributed by atoms with E-state index in [2.05, 4.69) is 30.6 Å². The highest BCUT2D eigenvalue weighted by atomic mass is 19.4. The maximum absolute atomic E-state index is 12.9. The first-order chi connectivity index (χ1) is 15.2. The number of rotatable bonds is 3. The molecule has 0 aliphatic carbocycles. The van der Waals surface area contributed by atoms with E-state index in [1.807, 2.05) is 20.8 Å². The molecule has 2 saturated heterocycles. The zero-order valence-corrected chi connectivity index (χ0v) is 20.7. The fraction of sp³-hybridized carbons (Fsp3) is 0.720. The molecule has 2 fully saturated rings. The molecule has 33 heavy (non-hydrogen) atoms. The molecule has 0 spiro atoms. The molecule has 1 unspecified atom stereocenters. The Kier molecular flexibility index (Phi) is 7.39. The minimum Gasteiger partial charge on any atom is -0.444 e. The summed E-state index contributed by atoms with van der Waals surface area (Å²) in [6, 6.07) is 5.86. The van der Waals surface area contributed by atoms with Crippen LogP contribution >= 0.6 is 0 Å². The number of ether oxygens (including phenoxy) is 1. The van der Waals surface area contributed by atoms with Crippen LogP contribution < -0.4 is 0 Å². The van der Waals surface area contributed by atoms with Crippen LogP contribution in [0.25, 0.3) is 0 Å². The molecule has 0 radical (unpaired) electrons. The van der Waals surface area contributed by atoms with Crippen molar-refractivity contribution in [1.29, 1.82) is 0 Å². The number of alkyl halides is 3. The Morgan fingerprint density at radius 2 is 1.64 bits per heavy atom. The summed E-state index contributed by atoms with van der Waals surface area (Å²) in [6.07, 6.45) is -2.76. The van der Waals surface area contributed by atoms with E-state index < -0.39 is 17.3 Å². The van der Waals surface area contributed by atoms with E-state index in [0.29, 0.717) is 13.1 Å². The topological polar surface area (TPSA) is 36.0 Å². The second kappa shape index (κ2) is 9.45. The molecule has 0 N–H and O–H groups in total. The molecule has 3 rings (SSSR count). The van der Waals surface area contributed by atoms with Gasteiger partial charge in [0, 0.05) is 50.3 Å². The Bertz CT molecular complexity index is 812. The van der Waals surface area contributed by atoms with Crippen molar-refractivity contribution in [3.8, 4) is 0 Å². The van der Waals surface area contributed by atoms with Crippen molar-refractivity contribution in [2.45, 2.75) is 83.8 Å². The molecule has 1 amide bonds. The van der Waals surface area contributed by atoms with E-state index in [0.717, 1.165) is 38.0 Å². The summed E-state index contributed by atoms with van der Waals surface area (Å²) in [6.45, 7) is 16.2. The Hall–Kier alpha value is -1.80. The second-order valence-electron chi connectivity index (χ2n) is 10.8. The molecule has 186 valence electrons. The average Bonchev–Trinajstić information content (AvgIpc) is 2.72. The Balaban J connectivity index is 1.57. The van der Waals surface area contributed by atoms with E-state index in [9.17, 15) is 18.0 Å². The number of halogens is 3. The van der Waals surface area contributed by atoms with Gasteiger partial charge in [-0.3, -0.25) is 9.80 Å². The molecule has 1 aromatic rings. The van der Waals surface area contributed by atoms with Gasteiger partial charge < -0.3 is 9.64 Å². The van der Waals surface area contributed by atoms with Gasteiger partial charge in [-0.1, -0.05) is 12.1 Å². The number of carbonyl (C=O) groups is 1. The van der Waals surface area contributed by atoms with E-state index in [4.69, 9.17) is 4.74 Å². The molecule has 5 nitrogen and oxygen atoms in total. The fourth-order valence-corrected chi connectivity index (χ4v) is 4.99. The summed E-state index contributed by atoms with van der Waals surface area (Å²) in [5.41, 5.74) is -0.175. The van der Waals surface area contributed by atoms with E-state index >= 15 is 0 Å². The van der Waals surface area contributed by atoms with Gasteiger partial charge in [0.15, 0.2) is 0 Å². The van der Waals surface area contributed by atoms with Crippen LogP contribution in [-0.4, -0.2) is 70.7 Å². The molecule has 8 heteroatoms. The smallest absolute Gasteiger partial charge is 0.416 e. The third-order valence-corrected chi connectivity index (χ3v) is 7.15. The lowest BCUT2D eigenvalue weighted by Gasteiger charge is -2.52. The highest BCUT2D eigenvalue weighted by molar-refractivity contribution is 5.68. The fourth-order valence-electron chi connectivity index (χ4n) is 4.99. The standard InChI is InChI=1S/C25H38F3N3O2/c1-18-17-30(24(6)11-13-29(14-12-24)22(32)33-23(3,4)5)15-16-31(18)19(2)20-7-9-21(10-8-20)25(26,27)28/h7-10,18-19H,11-17H2,1-6H3/t18-,19?/m0/s1. The van der Waals surface area contributed by atoms with Crippen molar-refractivity contribution in [3.05, 3.63) is 35.4 Å². The molecule has 2 aliphatic heterocycles. The summed E-state index contributed by atoms with van der Waals surface area (Å²) in [7, 11) is 0. The van der Waals surface area contributed by atoms with Crippen LogP contribution in [0.1, 0.15) is 71.6 Å². The van der Waals surface area contributed by atoms with Crippen molar-refractivity contribution in [2.24, 2.45) is 0 Å². The number of hydrogen-bond acceptors (Lipinski definition) is 4. The lowest BCUT2D eigenvalue weighted by Crippen LogP contribution is -2.62. The quantitative estimate of drug-likeness (QED) is 0.581. The van der Waals surface area contributed by atoms with Gasteiger partial charge in [0.25, 0.3) is 0 Å². The number of amides is 1. The minimum atomic E-state index is -4.31. The van der Waals surface area contributed by atoms with Crippen molar-refractivity contribution >= 4 is 6.09 Å². The van der Waals surface area contributed by atoms with E-state index in [-0.39, 0.29) is 23.7 Å². The lowest BCUT2D eigenvalue weighted by molar-refractivity contribution is -0.137. The van der Waals surface area contributed by atoms with Gasteiger partial charge in [-0.15, -0.1) is 0 Å². The van der Waals surface area contributed by atoms with Crippen LogP contribution in [0.15, 0.2) is 24.3 Å². The lowest BCUT2D eigenvalue weighted by atomic mass is 9.86. The van der Waals surface area contributed by atoms with Gasteiger partial charge in [0.1, 0.15) is 5.60 Å². The van der Waals surface area contributed by atoms with Crippen LogP contribution in [0.3, 0.4) is 0 Å². The van der Waals surface area contributed by atoms with E-state index in [1.54, 1.807) is 17.0 Å². The average molecular weight is 470 g/mol. The van der Waals surface area contributed by atoms with Crippen molar-refractivity contribution in [3.63, 3.8) is 0 Å². The van der Waals surface area contributed by atoms with Gasteiger partial charge in [-0.05, 0) is 72.1 Å². The first-order valence-electron chi connectivity index (χ1n) is 11.9. The maximum atomic E-state index is 12.9. The molecular weight excluding hydrogens is 431 g/mol. The van der Waals surface area contributed by atoms with Gasteiger partial charge in [-0.25, -0.2) is 4.79 Å². The number of benzene rings is 1. The highest BCUT2D eigenvalue weighted by Crippen LogP contribution is 2.35. The highest BCUT2D eigenvalue weighted by Gasteiger charge is 2.41. The van der Waals surface area contributed by atoms with Crippen LogP contribution in [0.5, 0.6) is 0 Å². The summed E-state index contributed by atoms with van der Waals surface area (Å²) in [4.78, 5) is 19.1. The largest absolute Gasteiger partial charge is 0.444 e. The maximum Gasteiger partial charge on any atom is 0.416 e. The van der Waals surface area contributed by atoms with Gasteiger partial charge in [-0.2, -0.15) is 13.2 Å². The van der Waals surface area contributed by atoms with Crippen molar-refractivity contribution in [2.75, 3.05) is 32.7 Å². The summed E-state index contributed by atoms with van der Waals surface area (Å²) in [5, 5.41) is 0. The second-order valence-corrected chi connectivity index (χ2v) is 10.8. The predicted molar refractivity (Wildman–Crippen MR) is 123 cm³/mol.